The Labute approximate surface area is 112 Å². The van der Waals surface area contributed by atoms with Gasteiger partial charge in [0.15, 0.2) is 11.6 Å². The van der Waals surface area contributed by atoms with Crippen molar-refractivity contribution in [2.75, 3.05) is 38.5 Å². The van der Waals surface area contributed by atoms with Crippen molar-refractivity contribution >= 4 is 10.0 Å². The van der Waals surface area contributed by atoms with E-state index in [1.807, 2.05) is 0 Å². The molecule has 1 aromatic rings. The predicted molar refractivity (Wildman–Crippen MR) is 70.1 cm³/mol. The van der Waals surface area contributed by atoms with Crippen LogP contribution < -0.4 is 10.1 Å². The number of para-hydroxylation sites is 1. The first-order valence-electron chi connectivity index (χ1n) is 6.15. The number of nitrogens with one attached hydrogen (secondary N) is 1. The van der Waals surface area contributed by atoms with Gasteiger partial charge in [0.2, 0.25) is 10.0 Å². The summed E-state index contributed by atoms with van der Waals surface area (Å²) < 4.78 is 43.8. The van der Waals surface area contributed by atoms with Gasteiger partial charge in [-0.15, -0.1) is 0 Å². The minimum atomic E-state index is -3.32. The van der Waals surface area contributed by atoms with Crippen LogP contribution in [0.25, 0.3) is 0 Å². The second kappa shape index (κ2) is 6.31. The molecule has 0 spiro atoms. The summed E-state index contributed by atoms with van der Waals surface area (Å²) in [5.74, 6) is -0.540. The van der Waals surface area contributed by atoms with Crippen molar-refractivity contribution in [3.63, 3.8) is 0 Å². The molecule has 5 nitrogen and oxygen atoms in total. The molecule has 0 saturated carbocycles. The summed E-state index contributed by atoms with van der Waals surface area (Å²) in [4.78, 5) is 0. The molecule has 2 rings (SSSR count). The zero-order valence-electron chi connectivity index (χ0n) is 10.5. The summed E-state index contributed by atoms with van der Waals surface area (Å²) in [6.07, 6.45) is 0. The molecular formula is C12H17FN2O3S. The Bertz CT molecular complexity index is 515. The van der Waals surface area contributed by atoms with E-state index < -0.39 is 15.8 Å². The fourth-order valence-electron chi connectivity index (χ4n) is 1.87. The van der Waals surface area contributed by atoms with Gasteiger partial charge in [0.25, 0.3) is 0 Å². The Kier molecular flexibility index (Phi) is 4.73. The molecule has 0 aliphatic carbocycles. The van der Waals surface area contributed by atoms with Gasteiger partial charge in [-0.2, -0.15) is 4.31 Å². The van der Waals surface area contributed by atoms with Gasteiger partial charge >= 0.3 is 0 Å². The van der Waals surface area contributed by atoms with Crippen LogP contribution in [0.2, 0.25) is 0 Å². The van der Waals surface area contributed by atoms with Gasteiger partial charge in [0.05, 0.1) is 5.75 Å². The molecule has 7 heteroatoms. The number of rotatable bonds is 5. The lowest BCUT2D eigenvalue weighted by Crippen LogP contribution is -2.47. The van der Waals surface area contributed by atoms with Gasteiger partial charge in [-0.05, 0) is 12.1 Å². The molecule has 1 saturated heterocycles. The first kappa shape index (κ1) is 14.2. The lowest BCUT2D eigenvalue weighted by Gasteiger charge is -2.26. The molecule has 1 aliphatic heterocycles. The average Bonchev–Trinajstić information content (AvgIpc) is 2.42. The van der Waals surface area contributed by atoms with Gasteiger partial charge in [-0.1, -0.05) is 12.1 Å². The molecule has 1 heterocycles. The van der Waals surface area contributed by atoms with Crippen LogP contribution in [0, 0.1) is 5.82 Å². The third kappa shape index (κ3) is 3.89. The Balaban J connectivity index is 1.86. The lowest BCUT2D eigenvalue weighted by molar-refractivity contribution is 0.313. The summed E-state index contributed by atoms with van der Waals surface area (Å²) in [5, 5.41) is 3.09. The average molecular weight is 288 g/mol. The number of piperazine rings is 1. The number of benzene rings is 1. The van der Waals surface area contributed by atoms with Gasteiger partial charge in [0, 0.05) is 26.2 Å². The van der Waals surface area contributed by atoms with E-state index in [0.717, 1.165) is 0 Å². The summed E-state index contributed by atoms with van der Waals surface area (Å²) in [7, 11) is -3.32. The Morgan fingerprint density at radius 1 is 1.26 bits per heavy atom. The second-order valence-electron chi connectivity index (χ2n) is 4.24. The van der Waals surface area contributed by atoms with Crippen molar-refractivity contribution in [1.29, 1.82) is 0 Å². The van der Waals surface area contributed by atoms with Gasteiger partial charge in [-0.25, -0.2) is 12.8 Å². The monoisotopic (exact) mass is 288 g/mol. The van der Waals surface area contributed by atoms with Gasteiger partial charge < -0.3 is 10.1 Å². The summed E-state index contributed by atoms with van der Waals surface area (Å²) in [5.41, 5.74) is 0. The van der Waals surface area contributed by atoms with E-state index in [0.29, 0.717) is 26.2 Å². The quantitative estimate of drug-likeness (QED) is 0.854. The Hall–Kier alpha value is -1.18. The van der Waals surface area contributed by atoms with Crippen LogP contribution in [0.4, 0.5) is 4.39 Å². The zero-order valence-corrected chi connectivity index (χ0v) is 11.3. The SMILES string of the molecule is O=S(=O)(CCOc1ccccc1F)N1CCNCC1. The Morgan fingerprint density at radius 3 is 2.63 bits per heavy atom. The standard InChI is InChI=1S/C12H17FN2O3S/c13-11-3-1-2-4-12(11)18-9-10-19(16,17)15-7-5-14-6-8-15/h1-4,14H,5-10H2. The number of sulfonamides is 1. The predicted octanol–water partition coefficient (Wildman–Crippen LogP) is 0.440. The highest BCUT2D eigenvalue weighted by atomic mass is 32.2. The third-order valence-corrected chi connectivity index (χ3v) is 4.74. The first-order valence-corrected chi connectivity index (χ1v) is 7.76. The molecule has 0 atom stereocenters. The van der Waals surface area contributed by atoms with E-state index in [9.17, 15) is 12.8 Å². The number of ether oxygens (including phenoxy) is 1. The largest absolute Gasteiger partial charge is 0.489 e. The minimum absolute atomic E-state index is 0.0484. The fourth-order valence-corrected chi connectivity index (χ4v) is 3.16. The van der Waals surface area contributed by atoms with E-state index in [4.69, 9.17) is 4.74 Å². The second-order valence-corrected chi connectivity index (χ2v) is 6.33. The number of halogens is 1. The van der Waals surface area contributed by atoms with Crippen molar-refractivity contribution in [1.82, 2.24) is 9.62 Å². The van der Waals surface area contributed by atoms with Crippen LogP contribution in [0.1, 0.15) is 0 Å². The third-order valence-electron chi connectivity index (χ3n) is 2.90. The van der Waals surface area contributed by atoms with Crippen LogP contribution in [-0.2, 0) is 10.0 Å². The molecule has 1 N–H and O–H groups in total. The highest BCUT2D eigenvalue weighted by molar-refractivity contribution is 7.89. The van der Waals surface area contributed by atoms with Crippen LogP contribution in [0.5, 0.6) is 5.75 Å². The molecule has 0 aromatic heterocycles. The summed E-state index contributed by atoms with van der Waals surface area (Å²) >= 11 is 0. The van der Waals surface area contributed by atoms with Crippen molar-refractivity contribution in [2.24, 2.45) is 0 Å². The molecule has 106 valence electrons. The molecule has 1 aromatic carbocycles. The highest BCUT2D eigenvalue weighted by Gasteiger charge is 2.23. The number of hydrogen-bond acceptors (Lipinski definition) is 4. The van der Waals surface area contributed by atoms with E-state index in [1.54, 1.807) is 12.1 Å². The van der Waals surface area contributed by atoms with Crippen LogP contribution >= 0.6 is 0 Å². The van der Waals surface area contributed by atoms with Crippen molar-refractivity contribution < 1.29 is 17.5 Å². The maximum Gasteiger partial charge on any atom is 0.217 e. The topological polar surface area (TPSA) is 58.6 Å². The molecule has 1 aliphatic rings. The van der Waals surface area contributed by atoms with Crippen molar-refractivity contribution in [3.8, 4) is 5.75 Å². The van der Waals surface area contributed by atoms with Crippen LogP contribution in [0.3, 0.4) is 0 Å². The summed E-state index contributed by atoms with van der Waals surface area (Å²) in [6, 6.07) is 5.95. The molecule has 0 amide bonds. The Morgan fingerprint density at radius 2 is 1.95 bits per heavy atom. The molecule has 19 heavy (non-hydrogen) atoms. The van der Waals surface area contributed by atoms with Crippen LogP contribution in [0.15, 0.2) is 24.3 Å². The molecule has 0 bridgehead atoms. The van der Waals surface area contributed by atoms with Crippen LogP contribution in [-0.4, -0.2) is 51.3 Å². The highest BCUT2D eigenvalue weighted by Crippen LogP contribution is 2.15. The molecular weight excluding hydrogens is 271 g/mol. The summed E-state index contributed by atoms with van der Waals surface area (Å²) in [6.45, 7) is 2.22. The van der Waals surface area contributed by atoms with E-state index in [1.165, 1.54) is 16.4 Å². The van der Waals surface area contributed by atoms with Crippen molar-refractivity contribution in [2.45, 2.75) is 0 Å². The smallest absolute Gasteiger partial charge is 0.217 e. The van der Waals surface area contributed by atoms with E-state index >= 15 is 0 Å². The maximum absolute atomic E-state index is 13.3. The minimum Gasteiger partial charge on any atom is -0.489 e. The normalized spacial score (nSPS) is 17.3. The van der Waals surface area contributed by atoms with E-state index in [-0.39, 0.29) is 18.1 Å². The number of nitrogens with zero attached hydrogens (tertiary/aromatic N) is 1. The van der Waals surface area contributed by atoms with Gasteiger partial charge in [-0.3, -0.25) is 0 Å². The van der Waals surface area contributed by atoms with E-state index in [2.05, 4.69) is 5.32 Å². The molecule has 1 fully saturated rings. The van der Waals surface area contributed by atoms with Crippen molar-refractivity contribution in [3.05, 3.63) is 30.1 Å². The molecule has 0 unspecified atom stereocenters. The maximum atomic E-state index is 13.3. The molecule has 0 radical (unpaired) electrons. The fraction of sp³-hybridized carbons (Fsp3) is 0.500. The first-order chi connectivity index (χ1) is 9.09. The lowest BCUT2D eigenvalue weighted by atomic mass is 10.3. The van der Waals surface area contributed by atoms with Gasteiger partial charge in [0.1, 0.15) is 6.61 Å². The number of hydrogen-bond donors (Lipinski definition) is 1. The zero-order chi connectivity index (χ0) is 13.7.